The Hall–Kier alpha value is -2.67. The van der Waals surface area contributed by atoms with Crippen molar-refractivity contribution in [1.29, 1.82) is 0 Å². The van der Waals surface area contributed by atoms with Crippen molar-refractivity contribution >= 4 is 44.5 Å². The fourth-order valence-corrected chi connectivity index (χ4v) is 2.54. The van der Waals surface area contributed by atoms with E-state index in [0.717, 1.165) is 9.86 Å². The Morgan fingerprint density at radius 3 is 2.68 bits per heavy atom. The lowest BCUT2D eigenvalue weighted by Crippen LogP contribution is -2.30. The maximum absolute atomic E-state index is 12.1. The summed E-state index contributed by atoms with van der Waals surface area (Å²) >= 11 is 3.32. The number of amides is 1. The van der Waals surface area contributed by atoms with Gasteiger partial charge in [0, 0.05) is 15.5 Å². The van der Waals surface area contributed by atoms with Gasteiger partial charge >= 0.3 is 5.97 Å². The van der Waals surface area contributed by atoms with Gasteiger partial charge in [-0.1, -0.05) is 33.2 Å². The van der Waals surface area contributed by atoms with E-state index < -0.39 is 18.0 Å². The van der Waals surface area contributed by atoms with E-state index in [-0.39, 0.29) is 6.42 Å². The normalized spacial score (nSPS) is 11.9. The van der Waals surface area contributed by atoms with Crippen LogP contribution in [-0.4, -0.2) is 23.1 Å². The van der Waals surface area contributed by atoms with E-state index in [0.29, 0.717) is 17.0 Å². The third kappa shape index (κ3) is 4.24. The van der Waals surface area contributed by atoms with Crippen molar-refractivity contribution in [2.24, 2.45) is 0 Å². The van der Waals surface area contributed by atoms with E-state index in [1.54, 1.807) is 18.2 Å². The molecule has 0 aliphatic carbocycles. The maximum atomic E-state index is 12.1. The number of esters is 1. The quantitative estimate of drug-likeness (QED) is 0.657. The Labute approximate surface area is 152 Å². The SMILES string of the molecule is C[C@H](OC(=O)Cc1noc2ccccc12)C(=O)Nc1ccc(Br)cc1. The number of nitrogens with zero attached hydrogens (tertiary/aromatic N) is 1. The molecule has 0 saturated carbocycles. The summed E-state index contributed by atoms with van der Waals surface area (Å²) < 4.78 is 11.2. The van der Waals surface area contributed by atoms with Crippen molar-refractivity contribution in [2.45, 2.75) is 19.4 Å². The fraction of sp³-hybridized carbons (Fsp3) is 0.167. The predicted molar refractivity (Wildman–Crippen MR) is 96.0 cm³/mol. The first kappa shape index (κ1) is 17.2. The van der Waals surface area contributed by atoms with Gasteiger partial charge in [-0.15, -0.1) is 0 Å². The average Bonchev–Trinajstić information content (AvgIpc) is 3.00. The van der Waals surface area contributed by atoms with Crippen LogP contribution in [0.1, 0.15) is 12.6 Å². The number of halogens is 1. The second kappa shape index (κ2) is 7.48. The van der Waals surface area contributed by atoms with Gasteiger partial charge in [0.1, 0.15) is 5.69 Å². The summed E-state index contributed by atoms with van der Waals surface area (Å²) in [5.74, 6) is -0.946. The van der Waals surface area contributed by atoms with Gasteiger partial charge in [0.2, 0.25) is 0 Å². The van der Waals surface area contributed by atoms with Crippen LogP contribution < -0.4 is 5.32 Å². The molecule has 0 aliphatic rings. The summed E-state index contributed by atoms with van der Waals surface area (Å²) in [7, 11) is 0. The van der Waals surface area contributed by atoms with Gasteiger partial charge in [0.25, 0.3) is 5.91 Å². The molecule has 25 heavy (non-hydrogen) atoms. The summed E-state index contributed by atoms with van der Waals surface area (Å²) in [5, 5.41) is 7.33. The number of nitrogens with one attached hydrogen (secondary N) is 1. The molecule has 3 aromatic rings. The molecule has 128 valence electrons. The minimum Gasteiger partial charge on any atom is -0.452 e. The van der Waals surface area contributed by atoms with Gasteiger partial charge in [0.15, 0.2) is 11.7 Å². The van der Waals surface area contributed by atoms with Crippen molar-refractivity contribution in [3.63, 3.8) is 0 Å². The van der Waals surface area contributed by atoms with Crippen LogP contribution in [0.3, 0.4) is 0 Å². The number of anilines is 1. The van der Waals surface area contributed by atoms with Gasteiger partial charge in [0.05, 0.1) is 6.42 Å². The lowest BCUT2D eigenvalue weighted by atomic mass is 10.2. The minimum absolute atomic E-state index is 0.0626. The van der Waals surface area contributed by atoms with Crippen molar-refractivity contribution in [3.8, 4) is 0 Å². The standard InChI is InChI=1S/C18H15BrN2O4/c1-11(18(23)20-13-8-6-12(19)7-9-13)24-17(22)10-15-14-4-2-3-5-16(14)25-21-15/h2-9,11H,10H2,1H3,(H,20,23)/t11-/m0/s1. The molecule has 1 heterocycles. The zero-order valence-electron chi connectivity index (χ0n) is 13.4. The first-order chi connectivity index (χ1) is 12.0. The van der Waals surface area contributed by atoms with Gasteiger partial charge in [-0.05, 0) is 43.3 Å². The summed E-state index contributed by atoms with van der Waals surface area (Å²) in [6.07, 6.45) is -0.985. The number of para-hydroxylation sites is 1. The number of hydrogen-bond donors (Lipinski definition) is 1. The maximum Gasteiger partial charge on any atom is 0.312 e. The lowest BCUT2D eigenvalue weighted by Gasteiger charge is -2.13. The van der Waals surface area contributed by atoms with E-state index in [1.807, 2.05) is 30.3 Å². The van der Waals surface area contributed by atoms with Crippen LogP contribution in [0, 0.1) is 0 Å². The largest absolute Gasteiger partial charge is 0.452 e. The van der Waals surface area contributed by atoms with Crippen LogP contribution in [0.2, 0.25) is 0 Å². The molecule has 7 heteroatoms. The van der Waals surface area contributed by atoms with Gasteiger partial charge < -0.3 is 14.6 Å². The molecule has 1 N–H and O–H groups in total. The van der Waals surface area contributed by atoms with Crippen molar-refractivity contribution in [2.75, 3.05) is 5.32 Å². The van der Waals surface area contributed by atoms with Gasteiger partial charge in [-0.3, -0.25) is 9.59 Å². The Morgan fingerprint density at radius 1 is 1.20 bits per heavy atom. The number of ether oxygens (including phenoxy) is 1. The predicted octanol–water partition coefficient (Wildman–Crippen LogP) is 3.70. The lowest BCUT2D eigenvalue weighted by molar-refractivity contribution is -0.152. The molecule has 6 nitrogen and oxygen atoms in total. The van der Waals surface area contributed by atoms with Crippen LogP contribution in [0.15, 0.2) is 57.5 Å². The summed E-state index contributed by atoms with van der Waals surface area (Å²) in [6, 6.07) is 14.4. The second-order valence-corrected chi connectivity index (χ2v) is 6.35. The Kier molecular flexibility index (Phi) is 5.14. The van der Waals surface area contributed by atoms with Crippen LogP contribution in [0.5, 0.6) is 0 Å². The molecule has 2 aromatic carbocycles. The third-order valence-corrected chi connectivity index (χ3v) is 4.08. The van der Waals surface area contributed by atoms with E-state index in [4.69, 9.17) is 9.26 Å². The first-order valence-electron chi connectivity index (χ1n) is 7.62. The zero-order chi connectivity index (χ0) is 17.8. The summed E-state index contributed by atoms with van der Waals surface area (Å²) in [4.78, 5) is 24.2. The minimum atomic E-state index is -0.922. The third-order valence-electron chi connectivity index (χ3n) is 3.55. The molecule has 0 spiro atoms. The zero-order valence-corrected chi connectivity index (χ0v) is 14.9. The molecule has 3 rings (SSSR count). The second-order valence-electron chi connectivity index (χ2n) is 5.43. The Bertz CT molecular complexity index is 905. The molecule has 0 unspecified atom stereocenters. The molecule has 1 atom stereocenters. The number of aromatic nitrogens is 1. The summed E-state index contributed by atoms with van der Waals surface area (Å²) in [6.45, 7) is 1.52. The number of rotatable bonds is 5. The highest BCUT2D eigenvalue weighted by atomic mass is 79.9. The van der Waals surface area contributed by atoms with Crippen LogP contribution >= 0.6 is 15.9 Å². The molecule has 1 aromatic heterocycles. The van der Waals surface area contributed by atoms with Crippen LogP contribution in [-0.2, 0) is 20.7 Å². The van der Waals surface area contributed by atoms with Crippen LogP contribution in [0.25, 0.3) is 11.0 Å². The van der Waals surface area contributed by atoms with Gasteiger partial charge in [-0.2, -0.15) is 0 Å². The molecular formula is C18H15BrN2O4. The number of fused-ring (bicyclic) bond motifs is 1. The molecule has 0 aliphatic heterocycles. The number of carbonyl (C=O) groups excluding carboxylic acids is 2. The van der Waals surface area contributed by atoms with Gasteiger partial charge in [-0.25, -0.2) is 0 Å². The highest BCUT2D eigenvalue weighted by Gasteiger charge is 2.20. The number of hydrogen-bond acceptors (Lipinski definition) is 5. The molecule has 0 radical (unpaired) electrons. The number of carbonyl (C=O) groups is 2. The average molecular weight is 403 g/mol. The smallest absolute Gasteiger partial charge is 0.312 e. The highest BCUT2D eigenvalue weighted by molar-refractivity contribution is 9.10. The molecule has 0 saturated heterocycles. The molecule has 1 amide bonds. The van der Waals surface area contributed by atoms with E-state index >= 15 is 0 Å². The Balaban J connectivity index is 1.58. The van der Waals surface area contributed by atoms with E-state index in [1.165, 1.54) is 6.92 Å². The highest BCUT2D eigenvalue weighted by Crippen LogP contribution is 2.19. The molecular weight excluding hydrogens is 388 g/mol. The first-order valence-corrected chi connectivity index (χ1v) is 8.41. The van der Waals surface area contributed by atoms with Crippen molar-refractivity contribution in [3.05, 3.63) is 58.7 Å². The monoisotopic (exact) mass is 402 g/mol. The van der Waals surface area contributed by atoms with E-state index in [2.05, 4.69) is 26.4 Å². The molecule has 0 bridgehead atoms. The topological polar surface area (TPSA) is 81.4 Å². The van der Waals surface area contributed by atoms with Crippen molar-refractivity contribution < 1.29 is 18.8 Å². The fourth-order valence-electron chi connectivity index (χ4n) is 2.27. The van der Waals surface area contributed by atoms with E-state index in [9.17, 15) is 9.59 Å². The number of benzene rings is 2. The van der Waals surface area contributed by atoms with Crippen LogP contribution in [0.4, 0.5) is 5.69 Å². The Morgan fingerprint density at radius 2 is 1.92 bits per heavy atom. The summed E-state index contributed by atoms with van der Waals surface area (Å²) in [5.41, 5.74) is 1.71. The molecule has 0 fully saturated rings. The van der Waals surface area contributed by atoms with Crippen molar-refractivity contribution in [1.82, 2.24) is 5.16 Å².